The Morgan fingerprint density at radius 3 is 2.00 bits per heavy atom. The molecule has 9 rings (SSSR count). The number of imidazole rings is 1. The van der Waals surface area contributed by atoms with Gasteiger partial charge in [0.2, 0.25) is 0 Å². The summed E-state index contributed by atoms with van der Waals surface area (Å²) < 4.78 is 9.08. The van der Waals surface area contributed by atoms with Gasteiger partial charge in [-0.3, -0.25) is 4.57 Å². The topological polar surface area (TPSA) is 30.3 Å². The first-order valence-corrected chi connectivity index (χ1v) is 14.3. The van der Waals surface area contributed by atoms with E-state index in [0.717, 1.165) is 56.7 Å². The van der Waals surface area contributed by atoms with Crippen LogP contribution in [0.5, 0.6) is 11.5 Å². The number of anilines is 3. The summed E-state index contributed by atoms with van der Waals surface area (Å²) in [6.07, 6.45) is 0. The molecular weight excluding hydrogens is 513 g/mol. The van der Waals surface area contributed by atoms with Gasteiger partial charge in [0.05, 0.1) is 11.0 Å². The van der Waals surface area contributed by atoms with Gasteiger partial charge >= 0.3 is 0 Å². The van der Waals surface area contributed by atoms with Crippen molar-refractivity contribution in [3.63, 3.8) is 0 Å². The van der Waals surface area contributed by atoms with E-state index in [2.05, 4.69) is 149 Å². The summed E-state index contributed by atoms with van der Waals surface area (Å²) in [5.74, 6) is 2.73. The Labute approximate surface area is 244 Å². The van der Waals surface area contributed by atoms with Gasteiger partial charge in [0.1, 0.15) is 17.3 Å². The number of para-hydroxylation sites is 3. The van der Waals surface area contributed by atoms with Crippen molar-refractivity contribution in [2.75, 3.05) is 4.90 Å². The van der Waals surface area contributed by atoms with E-state index < -0.39 is 0 Å². The summed E-state index contributed by atoms with van der Waals surface area (Å²) in [5, 5.41) is 0. The van der Waals surface area contributed by atoms with Gasteiger partial charge in [-0.15, -0.1) is 0 Å². The normalized spacial score (nSPS) is 12.4. The average Bonchev–Trinajstić information content (AvgIpc) is 3.45. The van der Waals surface area contributed by atoms with Crippen LogP contribution >= 0.6 is 0 Å². The van der Waals surface area contributed by atoms with Crippen LogP contribution < -0.4 is 26.0 Å². The maximum Gasteiger partial charge on any atom is 0.256 e. The smallest absolute Gasteiger partial charge is 0.256 e. The number of hydrogen-bond acceptors (Lipinski definition) is 3. The van der Waals surface area contributed by atoms with E-state index in [1.807, 2.05) is 6.07 Å². The first-order chi connectivity index (χ1) is 20.8. The zero-order valence-corrected chi connectivity index (χ0v) is 22.7. The van der Waals surface area contributed by atoms with Crippen LogP contribution in [0.15, 0.2) is 146 Å². The lowest BCUT2D eigenvalue weighted by molar-refractivity contribution is 0.487. The highest BCUT2D eigenvalue weighted by Crippen LogP contribution is 2.39. The quantitative estimate of drug-likeness (QED) is 0.225. The van der Waals surface area contributed by atoms with Crippen molar-refractivity contribution in [2.24, 2.45) is 0 Å². The molecule has 5 heteroatoms. The standard InChI is InChI=1S/C37H24BN3O/c1-4-12-25(13-5-1)37-39-31-19-10-18-30-36(31)41(37)32-20-11-21-33-35(32)38(30)29-23-22-28(24-34(29)42-33)40(26-14-6-2-7-15-26)27-16-8-3-9-17-27/h1-24H. The second kappa shape index (κ2) is 8.98. The van der Waals surface area contributed by atoms with Gasteiger partial charge < -0.3 is 9.64 Å². The van der Waals surface area contributed by atoms with Crippen LogP contribution in [0, 0.1) is 0 Å². The van der Waals surface area contributed by atoms with Crippen LogP contribution in [0.2, 0.25) is 0 Å². The summed E-state index contributed by atoms with van der Waals surface area (Å²) >= 11 is 0. The van der Waals surface area contributed by atoms with Crippen LogP contribution in [0.3, 0.4) is 0 Å². The predicted octanol–water partition coefficient (Wildman–Crippen LogP) is 7.10. The number of rotatable bonds is 4. The summed E-state index contributed by atoms with van der Waals surface area (Å²) in [7, 11) is 0. The van der Waals surface area contributed by atoms with E-state index in [4.69, 9.17) is 9.72 Å². The highest BCUT2D eigenvalue weighted by molar-refractivity contribution is 6.99. The predicted molar refractivity (Wildman–Crippen MR) is 172 cm³/mol. The lowest BCUT2D eigenvalue weighted by Crippen LogP contribution is -2.58. The molecule has 2 aliphatic rings. The molecule has 0 unspecified atom stereocenters. The van der Waals surface area contributed by atoms with Crippen molar-refractivity contribution in [3.8, 4) is 28.6 Å². The minimum atomic E-state index is 0.0485. The van der Waals surface area contributed by atoms with Crippen LogP contribution in [0.1, 0.15) is 0 Å². The zero-order valence-electron chi connectivity index (χ0n) is 22.7. The molecule has 196 valence electrons. The molecule has 0 spiro atoms. The van der Waals surface area contributed by atoms with Crippen LogP contribution in [-0.2, 0) is 0 Å². The minimum Gasteiger partial charge on any atom is -0.458 e. The third-order valence-corrected chi connectivity index (χ3v) is 8.44. The number of nitrogens with zero attached hydrogens (tertiary/aromatic N) is 3. The Bertz CT molecular complexity index is 2080. The molecule has 0 aliphatic carbocycles. The van der Waals surface area contributed by atoms with Gasteiger partial charge in [0, 0.05) is 34.4 Å². The first kappa shape index (κ1) is 23.2. The number of ether oxygens (including phenoxy) is 1. The zero-order chi connectivity index (χ0) is 27.6. The second-order valence-electron chi connectivity index (χ2n) is 10.8. The SMILES string of the molecule is c1ccc(-c2nc3cccc4c3n2-c2cccc3c2B4c2ccc(N(c4ccccc4)c4ccccc4)cc2O3)cc1. The Hall–Kier alpha value is -5.55. The van der Waals surface area contributed by atoms with Crippen LogP contribution in [0.25, 0.3) is 28.1 Å². The van der Waals surface area contributed by atoms with Gasteiger partial charge in [-0.25, -0.2) is 4.98 Å². The lowest BCUT2D eigenvalue weighted by Gasteiger charge is -2.34. The van der Waals surface area contributed by atoms with E-state index in [-0.39, 0.29) is 6.71 Å². The Kier molecular flexibility index (Phi) is 4.96. The number of hydrogen-bond donors (Lipinski definition) is 0. The summed E-state index contributed by atoms with van der Waals surface area (Å²) in [5.41, 5.74) is 11.3. The third-order valence-electron chi connectivity index (χ3n) is 8.44. The van der Waals surface area contributed by atoms with Crippen molar-refractivity contribution in [1.29, 1.82) is 0 Å². The minimum absolute atomic E-state index is 0.0485. The summed E-state index contributed by atoms with van der Waals surface area (Å²) in [6, 6.07) is 51.0. The molecule has 2 aliphatic heterocycles. The van der Waals surface area contributed by atoms with E-state index in [1.165, 1.54) is 16.4 Å². The highest BCUT2D eigenvalue weighted by atomic mass is 16.5. The first-order valence-electron chi connectivity index (χ1n) is 14.3. The molecule has 0 saturated carbocycles. The molecule has 4 nitrogen and oxygen atoms in total. The molecule has 0 bridgehead atoms. The monoisotopic (exact) mass is 537 g/mol. The largest absolute Gasteiger partial charge is 0.458 e. The second-order valence-corrected chi connectivity index (χ2v) is 10.8. The molecule has 0 saturated heterocycles. The molecule has 42 heavy (non-hydrogen) atoms. The van der Waals surface area contributed by atoms with Crippen molar-refractivity contribution >= 4 is 51.2 Å². The van der Waals surface area contributed by atoms with Crippen LogP contribution in [-0.4, -0.2) is 16.3 Å². The molecule has 6 aromatic carbocycles. The summed E-state index contributed by atoms with van der Waals surface area (Å²) in [6.45, 7) is 0.0485. The molecule has 1 aromatic heterocycles. The van der Waals surface area contributed by atoms with Gasteiger partial charge in [0.15, 0.2) is 0 Å². The van der Waals surface area contributed by atoms with Crippen molar-refractivity contribution in [2.45, 2.75) is 0 Å². The Balaban J connectivity index is 1.26. The van der Waals surface area contributed by atoms with Gasteiger partial charge in [-0.05, 0) is 64.9 Å². The fourth-order valence-electron chi connectivity index (χ4n) is 6.69. The van der Waals surface area contributed by atoms with Gasteiger partial charge in [-0.1, -0.05) is 91.0 Å². The Morgan fingerprint density at radius 2 is 1.26 bits per heavy atom. The lowest BCUT2D eigenvalue weighted by atomic mass is 9.34. The van der Waals surface area contributed by atoms with Gasteiger partial charge in [-0.2, -0.15) is 0 Å². The number of fused-ring (bicyclic) bond motifs is 4. The maximum atomic E-state index is 6.76. The molecule has 7 aromatic rings. The number of benzene rings is 6. The van der Waals surface area contributed by atoms with Crippen molar-refractivity contribution < 1.29 is 4.74 Å². The summed E-state index contributed by atoms with van der Waals surface area (Å²) in [4.78, 5) is 7.42. The fraction of sp³-hybridized carbons (Fsp3) is 0. The van der Waals surface area contributed by atoms with E-state index >= 15 is 0 Å². The van der Waals surface area contributed by atoms with Gasteiger partial charge in [0.25, 0.3) is 6.71 Å². The maximum absolute atomic E-state index is 6.76. The molecule has 0 radical (unpaired) electrons. The average molecular weight is 537 g/mol. The Morgan fingerprint density at radius 1 is 0.571 bits per heavy atom. The molecule has 0 N–H and O–H groups in total. The molecule has 3 heterocycles. The highest BCUT2D eigenvalue weighted by Gasteiger charge is 2.40. The van der Waals surface area contributed by atoms with E-state index in [0.29, 0.717) is 0 Å². The van der Waals surface area contributed by atoms with Crippen LogP contribution in [0.4, 0.5) is 17.1 Å². The van der Waals surface area contributed by atoms with E-state index in [1.54, 1.807) is 0 Å². The molecule has 0 atom stereocenters. The molecule has 0 fully saturated rings. The third kappa shape index (κ3) is 3.34. The molecular formula is C37H24BN3O. The fourth-order valence-corrected chi connectivity index (χ4v) is 6.69. The van der Waals surface area contributed by atoms with E-state index in [9.17, 15) is 0 Å². The van der Waals surface area contributed by atoms with Crippen molar-refractivity contribution in [3.05, 3.63) is 146 Å². The van der Waals surface area contributed by atoms with Crippen molar-refractivity contribution in [1.82, 2.24) is 9.55 Å². The molecule has 0 amide bonds. The number of aromatic nitrogens is 2.